The Hall–Kier alpha value is -3.43. The molecule has 1 aromatic heterocycles. The van der Waals surface area contributed by atoms with E-state index in [9.17, 15) is 4.79 Å². The molecule has 3 nitrogen and oxygen atoms in total. The average molecular weight is 414 g/mol. The summed E-state index contributed by atoms with van der Waals surface area (Å²) in [5.41, 5.74) is 4.45. The number of benzene rings is 3. The van der Waals surface area contributed by atoms with Crippen LogP contribution in [0.5, 0.6) is 5.75 Å². The van der Waals surface area contributed by atoms with Crippen molar-refractivity contribution < 1.29 is 9.53 Å². The molecule has 0 atom stereocenters. The fourth-order valence-electron chi connectivity index (χ4n) is 3.22. The normalized spacial score (nSPS) is 11.1. The van der Waals surface area contributed by atoms with Crippen LogP contribution >= 0.6 is 11.6 Å². The minimum absolute atomic E-state index is 0.383. The van der Waals surface area contributed by atoms with Gasteiger partial charge in [-0.2, -0.15) is 0 Å². The molecule has 4 heteroatoms. The molecule has 3 aromatic carbocycles. The summed E-state index contributed by atoms with van der Waals surface area (Å²) < 4.78 is 5.95. The Balaban J connectivity index is 1.41. The molecule has 30 heavy (non-hydrogen) atoms. The summed E-state index contributed by atoms with van der Waals surface area (Å²) in [4.78, 5) is 15.7. The summed E-state index contributed by atoms with van der Waals surface area (Å²) in [5, 5.41) is 1.72. The van der Waals surface area contributed by atoms with E-state index in [1.807, 2.05) is 78.9 Å². The number of ether oxygens (including phenoxy) is 1. The fraction of sp³-hybridized carbons (Fsp3) is 0.0769. The van der Waals surface area contributed by atoms with Gasteiger partial charge in [-0.15, -0.1) is 0 Å². The zero-order chi connectivity index (χ0) is 20.8. The summed E-state index contributed by atoms with van der Waals surface area (Å²) in [6, 6.07) is 25.2. The highest BCUT2D eigenvalue weighted by molar-refractivity contribution is 6.31. The van der Waals surface area contributed by atoms with Crippen molar-refractivity contribution in [1.82, 2.24) is 4.98 Å². The van der Waals surface area contributed by atoms with Crippen LogP contribution in [-0.4, -0.2) is 11.3 Å². The number of aromatic nitrogens is 1. The van der Waals surface area contributed by atoms with E-state index >= 15 is 0 Å². The Bertz CT molecular complexity index is 1220. The molecule has 0 saturated heterocycles. The molecule has 0 spiro atoms. The van der Waals surface area contributed by atoms with Crippen molar-refractivity contribution in [2.45, 2.75) is 13.0 Å². The van der Waals surface area contributed by atoms with Crippen molar-refractivity contribution in [3.05, 3.63) is 112 Å². The summed E-state index contributed by atoms with van der Waals surface area (Å²) in [6.07, 6.45) is 5.65. The van der Waals surface area contributed by atoms with Crippen molar-refractivity contribution >= 4 is 34.9 Å². The van der Waals surface area contributed by atoms with Gasteiger partial charge >= 0.3 is 0 Å². The molecule has 1 heterocycles. The smallest absolute Gasteiger partial charge is 0.150 e. The second-order valence-electron chi connectivity index (χ2n) is 6.93. The SMILES string of the molecule is O=Cc1ccccc1C=CCc1cccc(OCc2ccc3ccc(Cl)cc3n2)c1. The number of hydrogen-bond donors (Lipinski definition) is 0. The predicted octanol–water partition coefficient (Wildman–Crippen LogP) is 6.54. The maximum absolute atomic E-state index is 11.1. The molecule has 0 N–H and O–H groups in total. The topological polar surface area (TPSA) is 39.2 Å². The predicted molar refractivity (Wildman–Crippen MR) is 122 cm³/mol. The number of allylic oxidation sites excluding steroid dienone is 1. The molecule has 0 aliphatic carbocycles. The number of aldehydes is 1. The van der Waals surface area contributed by atoms with Crippen LogP contribution in [0.4, 0.5) is 0 Å². The van der Waals surface area contributed by atoms with Gasteiger partial charge in [0, 0.05) is 16.0 Å². The Morgan fingerprint density at radius 1 is 0.900 bits per heavy atom. The zero-order valence-electron chi connectivity index (χ0n) is 16.3. The largest absolute Gasteiger partial charge is 0.487 e. The van der Waals surface area contributed by atoms with Gasteiger partial charge in [0.15, 0.2) is 6.29 Å². The van der Waals surface area contributed by atoms with Crippen LogP contribution in [0.1, 0.15) is 27.2 Å². The van der Waals surface area contributed by atoms with Crippen molar-refractivity contribution in [3.8, 4) is 5.75 Å². The first-order valence-electron chi connectivity index (χ1n) is 9.69. The van der Waals surface area contributed by atoms with Crippen LogP contribution in [0, 0.1) is 0 Å². The number of nitrogens with zero attached hydrogens (tertiary/aromatic N) is 1. The van der Waals surface area contributed by atoms with Crippen molar-refractivity contribution in [2.75, 3.05) is 0 Å². The monoisotopic (exact) mass is 413 g/mol. The van der Waals surface area contributed by atoms with Crippen LogP contribution in [0.2, 0.25) is 5.02 Å². The van der Waals surface area contributed by atoms with E-state index in [-0.39, 0.29) is 0 Å². The molecule has 0 aliphatic rings. The van der Waals surface area contributed by atoms with Gasteiger partial charge in [-0.25, -0.2) is 4.98 Å². The Labute approximate surface area is 180 Å². The van der Waals surface area contributed by atoms with Gasteiger partial charge in [-0.1, -0.05) is 72.3 Å². The molecule has 0 radical (unpaired) electrons. The lowest BCUT2D eigenvalue weighted by Crippen LogP contribution is -1.99. The summed E-state index contributed by atoms with van der Waals surface area (Å²) in [6.45, 7) is 0.383. The van der Waals surface area contributed by atoms with Crippen molar-refractivity contribution in [2.24, 2.45) is 0 Å². The Morgan fingerprint density at radius 3 is 2.60 bits per heavy atom. The quantitative estimate of drug-likeness (QED) is 0.323. The van der Waals surface area contributed by atoms with E-state index in [1.165, 1.54) is 0 Å². The van der Waals surface area contributed by atoms with Crippen LogP contribution in [0.3, 0.4) is 0 Å². The number of carbonyl (C=O) groups is 1. The van der Waals surface area contributed by atoms with E-state index < -0.39 is 0 Å². The summed E-state index contributed by atoms with van der Waals surface area (Å²) >= 11 is 6.07. The van der Waals surface area contributed by atoms with Gasteiger partial charge in [-0.05, 0) is 47.9 Å². The third-order valence-electron chi connectivity index (χ3n) is 4.77. The Kier molecular flexibility index (Phi) is 6.21. The van der Waals surface area contributed by atoms with Crippen LogP contribution < -0.4 is 4.74 Å². The maximum Gasteiger partial charge on any atom is 0.150 e. The second-order valence-corrected chi connectivity index (χ2v) is 7.37. The number of halogens is 1. The number of pyridine rings is 1. The number of hydrogen-bond acceptors (Lipinski definition) is 3. The van der Waals surface area contributed by atoms with Crippen molar-refractivity contribution in [1.29, 1.82) is 0 Å². The van der Waals surface area contributed by atoms with E-state index in [0.29, 0.717) is 17.2 Å². The molecule has 4 rings (SSSR count). The highest BCUT2D eigenvalue weighted by Crippen LogP contribution is 2.20. The molecule has 0 bridgehead atoms. The molecule has 0 amide bonds. The average Bonchev–Trinajstić information content (AvgIpc) is 2.78. The van der Waals surface area contributed by atoms with E-state index in [0.717, 1.165) is 46.2 Å². The Morgan fingerprint density at radius 2 is 1.73 bits per heavy atom. The third-order valence-corrected chi connectivity index (χ3v) is 5.01. The molecule has 148 valence electrons. The molecule has 0 fully saturated rings. The van der Waals surface area contributed by atoms with Gasteiger partial charge in [0.2, 0.25) is 0 Å². The standard InChI is InChI=1S/C26H20ClNO2/c27-23-13-11-21-12-14-24(28-26(21)16-23)18-30-25-10-4-6-19(15-25)5-3-9-20-7-1-2-8-22(20)17-29/h1-4,6-17H,5,18H2. The first-order chi connectivity index (χ1) is 14.7. The van der Waals surface area contributed by atoms with Gasteiger partial charge in [0.05, 0.1) is 11.2 Å². The third kappa shape index (κ3) is 4.94. The highest BCUT2D eigenvalue weighted by Gasteiger charge is 2.02. The van der Waals surface area contributed by atoms with Crippen molar-refractivity contribution in [3.63, 3.8) is 0 Å². The first kappa shape index (κ1) is 19.9. The van der Waals surface area contributed by atoms with E-state index in [2.05, 4.69) is 17.1 Å². The van der Waals surface area contributed by atoms with Crippen LogP contribution in [0.25, 0.3) is 17.0 Å². The second kappa shape index (κ2) is 9.38. The molecule has 0 saturated carbocycles. The number of carbonyl (C=O) groups excluding carboxylic acids is 1. The van der Waals surface area contributed by atoms with E-state index in [4.69, 9.17) is 16.3 Å². The first-order valence-corrected chi connectivity index (χ1v) is 10.1. The highest BCUT2D eigenvalue weighted by atomic mass is 35.5. The lowest BCUT2D eigenvalue weighted by atomic mass is 10.1. The minimum Gasteiger partial charge on any atom is -0.487 e. The molecular weight excluding hydrogens is 394 g/mol. The van der Waals surface area contributed by atoms with Gasteiger partial charge in [-0.3, -0.25) is 4.79 Å². The minimum atomic E-state index is 0.383. The van der Waals surface area contributed by atoms with Crippen LogP contribution in [-0.2, 0) is 13.0 Å². The van der Waals surface area contributed by atoms with Gasteiger partial charge in [0.1, 0.15) is 12.4 Å². The van der Waals surface area contributed by atoms with Gasteiger partial charge < -0.3 is 4.74 Å². The zero-order valence-corrected chi connectivity index (χ0v) is 17.0. The van der Waals surface area contributed by atoms with Crippen LogP contribution in [0.15, 0.2) is 84.9 Å². The number of fused-ring (bicyclic) bond motifs is 1. The summed E-state index contributed by atoms with van der Waals surface area (Å²) in [7, 11) is 0. The molecule has 0 aliphatic heterocycles. The van der Waals surface area contributed by atoms with Gasteiger partial charge in [0.25, 0.3) is 0 Å². The van der Waals surface area contributed by atoms with E-state index in [1.54, 1.807) is 0 Å². The maximum atomic E-state index is 11.1. The lowest BCUT2D eigenvalue weighted by molar-refractivity contribution is 0.112. The lowest BCUT2D eigenvalue weighted by Gasteiger charge is -2.08. The summed E-state index contributed by atoms with van der Waals surface area (Å²) in [5.74, 6) is 0.794. The molecular formula is C26H20ClNO2. The fourth-order valence-corrected chi connectivity index (χ4v) is 3.39. The molecule has 4 aromatic rings. The number of rotatable bonds is 7. The molecule has 0 unspecified atom stereocenters.